The van der Waals surface area contributed by atoms with Crippen molar-refractivity contribution in [2.45, 2.75) is 57.5 Å². The minimum absolute atomic E-state index is 0.173. The van der Waals surface area contributed by atoms with Crippen molar-refractivity contribution in [2.75, 3.05) is 20.6 Å². The molecule has 1 aliphatic carbocycles. The van der Waals surface area contributed by atoms with E-state index in [2.05, 4.69) is 48.1 Å². The molecule has 1 aliphatic rings. The highest BCUT2D eigenvalue weighted by Crippen LogP contribution is 2.43. The summed E-state index contributed by atoms with van der Waals surface area (Å²) < 4.78 is 0. The molecule has 2 rings (SSSR count). The lowest BCUT2D eigenvalue weighted by atomic mass is 9.70. The molecule has 1 aromatic rings. The van der Waals surface area contributed by atoms with Gasteiger partial charge in [0.05, 0.1) is 6.04 Å². The van der Waals surface area contributed by atoms with E-state index in [1.165, 1.54) is 31.2 Å². The molecule has 1 aromatic heterocycles. The summed E-state index contributed by atoms with van der Waals surface area (Å²) in [5.74, 6) is 0.844. The van der Waals surface area contributed by atoms with E-state index in [1.54, 1.807) is 6.33 Å². The van der Waals surface area contributed by atoms with Gasteiger partial charge < -0.3 is 10.2 Å². The highest BCUT2D eigenvalue weighted by Gasteiger charge is 2.43. The van der Waals surface area contributed by atoms with Crippen molar-refractivity contribution < 1.29 is 0 Å². The topological polar surface area (TPSA) is 41.1 Å². The van der Waals surface area contributed by atoms with Crippen LogP contribution < -0.4 is 5.32 Å². The smallest absolute Gasteiger partial charge is 0.115 e. The molecule has 118 valence electrons. The minimum atomic E-state index is 0.173. The molecule has 0 bridgehead atoms. The molecule has 1 unspecified atom stereocenters. The molecule has 0 spiro atoms. The van der Waals surface area contributed by atoms with Gasteiger partial charge in [-0.3, -0.25) is 0 Å². The zero-order valence-electron chi connectivity index (χ0n) is 14.0. The van der Waals surface area contributed by atoms with E-state index in [1.807, 2.05) is 12.4 Å². The Bertz CT molecular complexity index is 410. The van der Waals surface area contributed by atoms with Crippen LogP contribution in [0.2, 0.25) is 0 Å². The van der Waals surface area contributed by atoms with Crippen molar-refractivity contribution in [1.29, 1.82) is 0 Å². The molecule has 0 aliphatic heterocycles. The van der Waals surface area contributed by atoms with E-state index in [0.717, 1.165) is 18.9 Å². The van der Waals surface area contributed by atoms with E-state index in [-0.39, 0.29) is 5.54 Å². The summed E-state index contributed by atoms with van der Waals surface area (Å²) in [6.07, 6.45) is 11.8. The Hall–Kier alpha value is -1.00. The Kier molecular flexibility index (Phi) is 5.71. The molecule has 1 heterocycles. The van der Waals surface area contributed by atoms with Crippen molar-refractivity contribution in [3.8, 4) is 0 Å². The van der Waals surface area contributed by atoms with Crippen LogP contribution in [-0.4, -0.2) is 41.0 Å². The zero-order chi connectivity index (χ0) is 15.3. The van der Waals surface area contributed by atoms with Crippen LogP contribution in [0.1, 0.15) is 57.6 Å². The Morgan fingerprint density at radius 3 is 2.43 bits per heavy atom. The Morgan fingerprint density at radius 2 is 1.90 bits per heavy atom. The average Bonchev–Trinajstić information content (AvgIpc) is 2.50. The van der Waals surface area contributed by atoms with Gasteiger partial charge in [0.15, 0.2) is 0 Å². The first-order chi connectivity index (χ1) is 10.1. The first-order valence-corrected chi connectivity index (χ1v) is 8.26. The molecule has 0 radical (unpaired) electrons. The third-order valence-electron chi connectivity index (χ3n) is 5.08. The van der Waals surface area contributed by atoms with Crippen LogP contribution in [0.15, 0.2) is 18.7 Å². The maximum Gasteiger partial charge on any atom is 0.115 e. The van der Waals surface area contributed by atoms with Crippen LogP contribution in [-0.2, 0) is 0 Å². The summed E-state index contributed by atoms with van der Waals surface area (Å²) in [5.41, 5.74) is 1.39. The van der Waals surface area contributed by atoms with Gasteiger partial charge in [-0.1, -0.05) is 13.8 Å². The first kappa shape index (κ1) is 16.4. The predicted molar refractivity (Wildman–Crippen MR) is 87.1 cm³/mol. The molecule has 1 fully saturated rings. The zero-order valence-corrected chi connectivity index (χ0v) is 14.0. The molecule has 4 heteroatoms. The van der Waals surface area contributed by atoms with Gasteiger partial charge in [0.2, 0.25) is 0 Å². The second kappa shape index (κ2) is 7.32. The lowest BCUT2D eigenvalue weighted by molar-refractivity contribution is 0.0426. The lowest BCUT2D eigenvalue weighted by Crippen LogP contribution is -2.55. The second-order valence-electron chi connectivity index (χ2n) is 6.74. The number of nitrogens with zero attached hydrogens (tertiary/aromatic N) is 3. The molecule has 1 atom stereocenters. The molecule has 21 heavy (non-hydrogen) atoms. The van der Waals surface area contributed by atoms with E-state index in [0.29, 0.717) is 6.04 Å². The fourth-order valence-corrected chi connectivity index (χ4v) is 3.62. The van der Waals surface area contributed by atoms with E-state index in [4.69, 9.17) is 0 Å². The third-order valence-corrected chi connectivity index (χ3v) is 5.08. The summed E-state index contributed by atoms with van der Waals surface area (Å²) in [5, 5.41) is 3.77. The van der Waals surface area contributed by atoms with Gasteiger partial charge >= 0.3 is 0 Å². The van der Waals surface area contributed by atoms with Crippen molar-refractivity contribution in [2.24, 2.45) is 5.92 Å². The molecule has 0 saturated heterocycles. The third kappa shape index (κ3) is 3.61. The predicted octanol–water partition coefficient (Wildman–Crippen LogP) is 3.03. The van der Waals surface area contributed by atoms with Crippen LogP contribution in [0, 0.1) is 5.92 Å². The van der Waals surface area contributed by atoms with Crippen LogP contribution in [0.25, 0.3) is 0 Å². The highest BCUT2D eigenvalue weighted by atomic mass is 15.2. The van der Waals surface area contributed by atoms with Crippen molar-refractivity contribution in [1.82, 2.24) is 20.2 Å². The number of aromatic nitrogens is 2. The van der Waals surface area contributed by atoms with Gasteiger partial charge in [0, 0.05) is 23.5 Å². The summed E-state index contributed by atoms with van der Waals surface area (Å²) in [7, 11) is 4.45. The van der Waals surface area contributed by atoms with Crippen LogP contribution in [0.5, 0.6) is 0 Å². The normalized spacial score (nSPS) is 27.8. The van der Waals surface area contributed by atoms with Crippen LogP contribution in [0.3, 0.4) is 0 Å². The number of likely N-dealkylation sites (N-methyl/N-ethyl adjacent to an activating group) is 1. The summed E-state index contributed by atoms with van der Waals surface area (Å²) in [6.45, 7) is 5.63. The Labute approximate surface area is 129 Å². The maximum absolute atomic E-state index is 4.24. The average molecular weight is 290 g/mol. The minimum Gasteiger partial charge on any atom is -0.308 e. The van der Waals surface area contributed by atoms with Gasteiger partial charge in [0.25, 0.3) is 0 Å². The molecule has 1 saturated carbocycles. The lowest BCUT2D eigenvalue weighted by Gasteiger charge is -2.50. The quantitative estimate of drug-likeness (QED) is 0.874. The van der Waals surface area contributed by atoms with E-state index >= 15 is 0 Å². The summed E-state index contributed by atoms with van der Waals surface area (Å²) >= 11 is 0. The first-order valence-electron chi connectivity index (χ1n) is 8.26. The standard InChI is InChI=1S/C17H30N4/c1-5-10-20-16(15-11-18-13-19-12-15)17(21(3)4)8-6-14(2)7-9-17/h11-14,16,20H,5-10H2,1-4H3. The molecular formula is C17H30N4. The van der Waals surface area contributed by atoms with Gasteiger partial charge in [0.1, 0.15) is 6.33 Å². The number of nitrogens with one attached hydrogen (secondary N) is 1. The maximum atomic E-state index is 4.24. The van der Waals surface area contributed by atoms with Gasteiger partial charge in [-0.05, 0) is 58.7 Å². The van der Waals surface area contributed by atoms with Gasteiger partial charge in [-0.2, -0.15) is 0 Å². The molecular weight excluding hydrogens is 260 g/mol. The van der Waals surface area contributed by atoms with E-state index < -0.39 is 0 Å². The van der Waals surface area contributed by atoms with Crippen molar-refractivity contribution in [3.63, 3.8) is 0 Å². The fraction of sp³-hybridized carbons (Fsp3) is 0.765. The number of hydrogen-bond donors (Lipinski definition) is 1. The monoisotopic (exact) mass is 290 g/mol. The molecule has 0 aromatic carbocycles. The number of hydrogen-bond acceptors (Lipinski definition) is 4. The van der Waals surface area contributed by atoms with Crippen LogP contribution >= 0.6 is 0 Å². The summed E-state index contributed by atoms with van der Waals surface area (Å²) in [4.78, 5) is 10.9. The molecule has 0 amide bonds. The second-order valence-corrected chi connectivity index (χ2v) is 6.74. The van der Waals surface area contributed by atoms with Crippen molar-refractivity contribution in [3.05, 3.63) is 24.3 Å². The fourth-order valence-electron chi connectivity index (χ4n) is 3.62. The largest absolute Gasteiger partial charge is 0.308 e. The van der Waals surface area contributed by atoms with Crippen molar-refractivity contribution >= 4 is 0 Å². The highest BCUT2D eigenvalue weighted by molar-refractivity contribution is 5.18. The van der Waals surface area contributed by atoms with Gasteiger partial charge in [-0.25, -0.2) is 9.97 Å². The Balaban J connectivity index is 2.31. The van der Waals surface area contributed by atoms with Crippen LogP contribution in [0.4, 0.5) is 0 Å². The van der Waals surface area contributed by atoms with Gasteiger partial charge in [-0.15, -0.1) is 0 Å². The molecule has 1 N–H and O–H groups in total. The number of rotatable bonds is 6. The van der Waals surface area contributed by atoms with E-state index in [9.17, 15) is 0 Å². The SMILES string of the molecule is CCCNC(c1cncnc1)C1(N(C)C)CCC(C)CC1. The Morgan fingerprint density at radius 1 is 1.29 bits per heavy atom. The molecule has 4 nitrogen and oxygen atoms in total. The summed E-state index contributed by atoms with van der Waals surface area (Å²) in [6, 6.07) is 0.307.